The van der Waals surface area contributed by atoms with Gasteiger partial charge in [-0.25, -0.2) is 0 Å². The molecule has 1 aliphatic heterocycles. The van der Waals surface area contributed by atoms with Gasteiger partial charge in [0, 0.05) is 32.3 Å². The van der Waals surface area contributed by atoms with Gasteiger partial charge in [-0.3, -0.25) is 4.90 Å². The van der Waals surface area contributed by atoms with Crippen molar-refractivity contribution in [3.8, 4) is 0 Å². The van der Waals surface area contributed by atoms with Crippen LogP contribution in [0.2, 0.25) is 0 Å². The second-order valence-corrected chi connectivity index (χ2v) is 4.25. The maximum absolute atomic E-state index is 5.30. The van der Waals surface area contributed by atoms with E-state index in [1.807, 2.05) is 7.11 Å². The van der Waals surface area contributed by atoms with Gasteiger partial charge in [-0.05, 0) is 25.8 Å². The second kappa shape index (κ2) is 3.95. The van der Waals surface area contributed by atoms with Gasteiger partial charge in [0.25, 0.3) is 0 Å². The average molecular weight is 184 g/mol. The molecule has 0 radical (unpaired) electrons. The van der Waals surface area contributed by atoms with Gasteiger partial charge in [-0.1, -0.05) is 0 Å². The first kappa shape index (κ1) is 9.44. The average Bonchev–Trinajstić information content (AvgIpc) is 2.87. The van der Waals surface area contributed by atoms with E-state index in [1.54, 1.807) is 0 Å². The Labute approximate surface area is 80.4 Å². The van der Waals surface area contributed by atoms with Gasteiger partial charge in [0.05, 0.1) is 6.61 Å². The molecule has 0 spiro atoms. The molecule has 13 heavy (non-hydrogen) atoms. The lowest BCUT2D eigenvalue weighted by molar-refractivity contribution is 0.0788. The fourth-order valence-electron chi connectivity index (χ4n) is 2.28. The minimum absolute atomic E-state index is 0.431. The molecular formula is C10H20N2O. The summed E-state index contributed by atoms with van der Waals surface area (Å²) in [6.07, 6.45) is 3.95. The molecule has 0 atom stereocenters. The van der Waals surface area contributed by atoms with Crippen molar-refractivity contribution in [3.05, 3.63) is 0 Å². The standard InChI is InChI=1S/C10H20N2O/c1-13-9-10(3-4-10)12-7-2-5-11-6-8-12/h11H,2-9H2,1H3. The third-order valence-corrected chi connectivity index (χ3v) is 3.25. The molecule has 0 amide bonds. The first-order valence-corrected chi connectivity index (χ1v) is 5.32. The van der Waals surface area contributed by atoms with E-state index in [4.69, 9.17) is 4.74 Å². The van der Waals surface area contributed by atoms with Gasteiger partial charge >= 0.3 is 0 Å². The molecule has 2 fully saturated rings. The Morgan fingerprint density at radius 1 is 1.31 bits per heavy atom. The van der Waals surface area contributed by atoms with Crippen molar-refractivity contribution in [2.24, 2.45) is 0 Å². The van der Waals surface area contributed by atoms with Crippen LogP contribution in [0.25, 0.3) is 0 Å². The van der Waals surface area contributed by atoms with Crippen molar-refractivity contribution in [1.82, 2.24) is 10.2 Å². The van der Waals surface area contributed by atoms with Crippen LogP contribution < -0.4 is 5.32 Å². The van der Waals surface area contributed by atoms with Crippen LogP contribution in [0, 0.1) is 0 Å². The van der Waals surface area contributed by atoms with Gasteiger partial charge in [0.15, 0.2) is 0 Å². The van der Waals surface area contributed by atoms with Gasteiger partial charge in [-0.15, -0.1) is 0 Å². The quantitative estimate of drug-likeness (QED) is 0.689. The maximum atomic E-state index is 5.30. The van der Waals surface area contributed by atoms with Crippen LogP contribution >= 0.6 is 0 Å². The van der Waals surface area contributed by atoms with Gasteiger partial charge < -0.3 is 10.1 Å². The van der Waals surface area contributed by atoms with Crippen LogP contribution in [0.3, 0.4) is 0 Å². The number of nitrogens with one attached hydrogen (secondary N) is 1. The van der Waals surface area contributed by atoms with Gasteiger partial charge in [0.2, 0.25) is 0 Å². The van der Waals surface area contributed by atoms with Crippen LogP contribution in [0.15, 0.2) is 0 Å². The van der Waals surface area contributed by atoms with Crippen molar-refractivity contribution in [2.45, 2.75) is 24.8 Å². The third kappa shape index (κ3) is 2.03. The Bertz CT molecular complexity index is 160. The summed E-state index contributed by atoms with van der Waals surface area (Å²) in [6, 6.07) is 0. The minimum atomic E-state index is 0.431. The highest BCUT2D eigenvalue weighted by atomic mass is 16.5. The molecule has 2 rings (SSSR count). The van der Waals surface area contributed by atoms with E-state index in [9.17, 15) is 0 Å². The Balaban J connectivity index is 1.90. The van der Waals surface area contributed by atoms with Crippen LogP contribution in [-0.2, 0) is 4.74 Å². The summed E-state index contributed by atoms with van der Waals surface area (Å²) >= 11 is 0. The third-order valence-electron chi connectivity index (χ3n) is 3.25. The zero-order valence-corrected chi connectivity index (χ0v) is 8.51. The molecule has 1 aliphatic carbocycles. The molecule has 3 nitrogen and oxygen atoms in total. The van der Waals surface area contributed by atoms with Crippen LogP contribution in [-0.4, -0.2) is 50.3 Å². The number of hydrogen-bond acceptors (Lipinski definition) is 3. The summed E-state index contributed by atoms with van der Waals surface area (Å²) in [5.41, 5.74) is 0.431. The van der Waals surface area contributed by atoms with Crippen LogP contribution in [0.4, 0.5) is 0 Å². The minimum Gasteiger partial charge on any atom is -0.383 e. The topological polar surface area (TPSA) is 24.5 Å². The molecule has 3 heteroatoms. The van der Waals surface area contributed by atoms with Crippen molar-refractivity contribution >= 4 is 0 Å². The molecule has 76 valence electrons. The summed E-state index contributed by atoms with van der Waals surface area (Å²) in [6.45, 7) is 5.69. The van der Waals surface area contributed by atoms with Crippen LogP contribution in [0.1, 0.15) is 19.3 Å². The lowest BCUT2D eigenvalue weighted by Crippen LogP contribution is -2.42. The normalized spacial score (nSPS) is 28.4. The molecule has 2 aliphatic rings. The van der Waals surface area contributed by atoms with Crippen molar-refractivity contribution in [1.29, 1.82) is 0 Å². The molecule has 1 saturated heterocycles. The van der Waals surface area contributed by atoms with E-state index in [0.29, 0.717) is 5.54 Å². The highest BCUT2D eigenvalue weighted by Gasteiger charge is 2.47. The maximum Gasteiger partial charge on any atom is 0.0646 e. The molecule has 1 saturated carbocycles. The number of methoxy groups -OCH3 is 1. The van der Waals surface area contributed by atoms with E-state index < -0.39 is 0 Å². The SMILES string of the molecule is COCC1(N2CCCNCC2)CC1. The fraction of sp³-hybridized carbons (Fsp3) is 1.00. The first-order chi connectivity index (χ1) is 6.37. The molecule has 1 heterocycles. The van der Waals surface area contributed by atoms with Gasteiger partial charge in [0.1, 0.15) is 0 Å². The zero-order valence-electron chi connectivity index (χ0n) is 8.51. The summed E-state index contributed by atoms with van der Waals surface area (Å²) in [7, 11) is 1.82. The largest absolute Gasteiger partial charge is 0.383 e. The Hall–Kier alpha value is -0.120. The van der Waals surface area contributed by atoms with Gasteiger partial charge in [-0.2, -0.15) is 0 Å². The molecule has 0 aromatic rings. The number of ether oxygens (including phenoxy) is 1. The molecule has 0 bridgehead atoms. The smallest absolute Gasteiger partial charge is 0.0646 e. The summed E-state index contributed by atoms with van der Waals surface area (Å²) in [5, 5.41) is 3.44. The number of nitrogens with zero attached hydrogens (tertiary/aromatic N) is 1. The fourth-order valence-corrected chi connectivity index (χ4v) is 2.28. The molecule has 1 N–H and O–H groups in total. The summed E-state index contributed by atoms with van der Waals surface area (Å²) in [4.78, 5) is 2.62. The Morgan fingerprint density at radius 2 is 2.15 bits per heavy atom. The predicted molar refractivity (Wildman–Crippen MR) is 52.9 cm³/mol. The monoisotopic (exact) mass is 184 g/mol. The summed E-state index contributed by atoms with van der Waals surface area (Å²) in [5.74, 6) is 0. The first-order valence-electron chi connectivity index (χ1n) is 5.32. The van der Waals surface area contributed by atoms with E-state index in [2.05, 4.69) is 10.2 Å². The lowest BCUT2D eigenvalue weighted by Gasteiger charge is -2.29. The highest BCUT2D eigenvalue weighted by molar-refractivity contribution is 5.04. The second-order valence-electron chi connectivity index (χ2n) is 4.25. The molecular weight excluding hydrogens is 164 g/mol. The van der Waals surface area contributed by atoms with Crippen molar-refractivity contribution < 1.29 is 4.74 Å². The van der Waals surface area contributed by atoms with Crippen molar-refractivity contribution in [3.63, 3.8) is 0 Å². The van der Waals surface area contributed by atoms with E-state index in [0.717, 1.165) is 13.2 Å². The predicted octanol–water partition coefficient (Wildman–Crippen LogP) is 0.461. The lowest BCUT2D eigenvalue weighted by atomic mass is 10.2. The zero-order chi connectivity index (χ0) is 9.15. The van der Waals surface area contributed by atoms with Crippen LogP contribution in [0.5, 0.6) is 0 Å². The summed E-state index contributed by atoms with van der Waals surface area (Å²) < 4.78 is 5.30. The van der Waals surface area contributed by atoms with Crippen molar-refractivity contribution in [2.75, 3.05) is 39.9 Å². The number of hydrogen-bond donors (Lipinski definition) is 1. The van der Waals surface area contributed by atoms with E-state index in [-0.39, 0.29) is 0 Å². The van der Waals surface area contributed by atoms with E-state index >= 15 is 0 Å². The Morgan fingerprint density at radius 3 is 2.85 bits per heavy atom. The molecule has 0 aromatic carbocycles. The van der Waals surface area contributed by atoms with E-state index in [1.165, 1.54) is 38.9 Å². The number of rotatable bonds is 3. The Kier molecular flexibility index (Phi) is 2.86. The molecule has 0 aromatic heterocycles. The molecule has 0 unspecified atom stereocenters. The highest BCUT2D eigenvalue weighted by Crippen LogP contribution is 2.41.